The number of Topliss-reactive ketones (excluding diaryl/α,β-unsaturated/α-hetero) is 1. The number of carbonyl (C=O) groups excluding carboxylic acids is 1. The molecule has 1 unspecified atom stereocenters. The molecule has 0 bridgehead atoms. The Morgan fingerprint density at radius 1 is 1.05 bits per heavy atom. The number of rotatable bonds is 4. The number of halogens is 1. The number of hydrogen-bond acceptors (Lipinski definition) is 2. The lowest BCUT2D eigenvalue weighted by molar-refractivity contribution is 0.102. The van der Waals surface area contributed by atoms with E-state index in [2.05, 4.69) is 0 Å². The lowest BCUT2D eigenvalue weighted by Crippen LogP contribution is -2.11. The Morgan fingerprint density at radius 3 is 2.21 bits per heavy atom. The van der Waals surface area contributed by atoms with Gasteiger partial charge in [0.05, 0.1) is 16.6 Å². The van der Waals surface area contributed by atoms with Crippen molar-refractivity contribution in [2.45, 2.75) is 11.8 Å². The van der Waals surface area contributed by atoms with Gasteiger partial charge in [0.2, 0.25) is 0 Å². The molecule has 0 spiro atoms. The van der Waals surface area contributed by atoms with Gasteiger partial charge in [-0.05, 0) is 43.3 Å². The van der Waals surface area contributed by atoms with Gasteiger partial charge in [-0.1, -0.05) is 29.3 Å². The van der Waals surface area contributed by atoms with Crippen LogP contribution in [0.15, 0.2) is 53.4 Å². The molecule has 0 saturated carbocycles. The van der Waals surface area contributed by atoms with Gasteiger partial charge in [0.25, 0.3) is 0 Å². The Morgan fingerprint density at radius 2 is 1.63 bits per heavy atom. The summed E-state index contributed by atoms with van der Waals surface area (Å²) in [6.45, 7) is 1.96. The fourth-order valence-corrected chi connectivity index (χ4v) is 2.75. The minimum atomic E-state index is -1.31. The van der Waals surface area contributed by atoms with E-state index in [1.807, 2.05) is 19.1 Å². The highest BCUT2D eigenvalue weighted by Gasteiger charge is 2.12. The molecule has 0 aromatic heterocycles. The van der Waals surface area contributed by atoms with Crippen LogP contribution in [-0.4, -0.2) is 15.7 Å². The first-order chi connectivity index (χ1) is 9.06. The highest BCUT2D eigenvalue weighted by Crippen LogP contribution is 2.13. The zero-order chi connectivity index (χ0) is 13.8. The molecule has 0 radical (unpaired) electrons. The minimum absolute atomic E-state index is 0.00923. The van der Waals surface area contributed by atoms with Crippen molar-refractivity contribution >= 4 is 28.2 Å². The van der Waals surface area contributed by atoms with Crippen molar-refractivity contribution in [3.8, 4) is 0 Å². The lowest BCUT2D eigenvalue weighted by Gasteiger charge is -2.03. The van der Waals surface area contributed by atoms with E-state index in [4.69, 9.17) is 11.6 Å². The molecule has 2 aromatic carbocycles. The van der Waals surface area contributed by atoms with Crippen molar-refractivity contribution in [1.82, 2.24) is 0 Å². The zero-order valence-corrected chi connectivity index (χ0v) is 12.0. The molecule has 0 aliphatic rings. The number of carbonyl (C=O) groups is 1. The smallest absolute Gasteiger partial charge is 0.175 e. The van der Waals surface area contributed by atoms with E-state index in [-0.39, 0.29) is 11.5 Å². The second-order valence-electron chi connectivity index (χ2n) is 4.23. The summed E-state index contributed by atoms with van der Waals surface area (Å²) in [4.78, 5) is 12.6. The van der Waals surface area contributed by atoms with Gasteiger partial charge >= 0.3 is 0 Å². The molecule has 0 saturated heterocycles. The van der Waals surface area contributed by atoms with Gasteiger partial charge in [0.15, 0.2) is 5.78 Å². The molecular weight excluding hydrogens is 280 g/mol. The van der Waals surface area contributed by atoms with Crippen molar-refractivity contribution in [3.05, 3.63) is 64.7 Å². The van der Waals surface area contributed by atoms with Gasteiger partial charge < -0.3 is 0 Å². The lowest BCUT2D eigenvalue weighted by atomic mass is 10.1. The van der Waals surface area contributed by atoms with Gasteiger partial charge in [-0.15, -0.1) is 0 Å². The largest absolute Gasteiger partial charge is 0.293 e. The molecule has 2 nitrogen and oxygen atoms in total. The summed E-state index contributed by atoms with van der Waals surface area (Å²) in [5, 5.41) is 0.580. The van der Waals surface area contributed by atoms with Crippen LogP contribution in [-0.2, 0) is 10.8 Å². The second kappa shape index (κ2) is 6.13. The summed E-state index contributed by atoms with van der Waals surface area (Å²) in [5.41, 5.74) is 1.63. The highest BCUT2D eigenvalue weighted by molar-refractivity contribution is 7.85. The van der Waals surface area contributed by atoms with Gasteiger partial charge in [-0.25, -0.2) is 0 Å². The molecule has 1 atom stereocenters. The number of benzene rings is 2. The molecule has 4 heteroatoms. The van der Waals surface area contributed by atoms with Gasteiger partial charge in [-0.2, -0.15) is 0 Å². The van der Waals surface area contributed by atoms with Gasteiger partial charge in [0.1, 0.15) is 0 Å². The van der Waals surface area contributed by atoms with E-state index >= 15 is 0 Å². The molecule has 98 valence electrons. The maximum absolute atomic E-state index is 12.1. The molecule has 0 heterocycles. The number of ketones is 1. The normalized spacial score (nSPS) is 12.1. The highest BCUT2D eigenvalue weighted by atomic mass is 35.5. The summed E-state index contributed by atoms with van der Waals surface area (Å²) in [6.07, 6.45) is 0. The van der Waals surface area contributed by atoms with Crippen LogP contribution in [0.5, 0.6) is 0 Å². The Balaban J connectivity index is 2.08. The average molecular weight is 293 g/mol. The maximum Gasteiger partial charge on any atom is 0.175 e. The molecule has 19 heavy (non-hydrogen) atoms. The third kappa shape index (κ3) is 3.75. The summed E-state index contributed by atoms with van der Waals surface area (Å²) >= 11 is 5.76. The predicted molar refractivity (Wildman–Crippen MR) is 78.2 cm³/mol. The Hall–Kier alpha value is -1.45. The van der Waals surface area contributed by atoms with Crippen LogP contribution >= 0.6 is 11.6 Å². The summed E-state index contributed by atoms with van der Waals surface area (Å²) in [6, 6.07) is 14.0. The standard InChI is InChI=1S/C15H13ClO2S/c1-11-2-8-14(9-3-11)19(18)10-15(17)12-4-6-13(16)7-5-12/h2-9H,10H2,1H3. The average Bonchev–Trinajstić information content (AvgIpc) is 2.40. The molecule has 2 aromatic rings. The van der Waals surface area contributed by atoms with E-state index in [1.54, 1.807) is 36.4 Å². The van der Waals surface area contributed by atoms with Crippen LogP contribution in [0.3, 0.4) is 0 Å². The van der Waals surface area contributed by atoms with Crippen LogP contribution in [0, 0.1) is 6.92 Å². The Kier molecular flexibility index (Phi) is 4.51. The zero-order valence-electron chi connectivity index (χ0n) is 10.4. The van der Waals surface area contributed by atoms with E-state index in [0.29, 0.717) is 15.5 Å². The van der Waals surface area contributed by atoms with Crippen molar-refractivity contribution in [2.24, 2.45) is 0 Å². The number of hydrogen-bond donors (Lipinski definition) is 0. The Labute approximate surface area is 119 Å². The van der Waals surface area contributed by atoms with Crippen molar-refractivity contribution in [3.63, 3.8) is 0 Å². The van der Waals surface area contributed by atoms with Crippen LogP contribution in [0.4, 0.5) is 0 Å². The topological polar surface area (TPSA) is 34.1 Å². The van der Waals surface area contributed by atoms with E-state index in [0.717, 1.165) is 5.56 Å². The molecule has 0 aliphatic heterocycles. The quantitative estimate of drug-likeness (QED) is 0.806. The second-order valence-corrected chi connectivity index (χ2v) is 6.12. The molecule has 0 N–H and O–H groups in total. The van der Waals surface area contributed by atoms with E-state index in [9.17, 15) is 9.00 Å². The summed E-state index contributed by atoms with van der Waals surface area (Å²) in [5.74, 6) is -0.152. The molecule has 2 rings (SSSR count). The van der Waals surface area contributed by atoms with Crippen LogP contribution < -0.4 is 0 Å². The van der Waals surface area contributed by atoms with E-state index < -0.39 is 10.8 Å². The van der Waals surface area contributed by atoms with Crippen molar-refractivity contribution < 1.29 is 9.00 Å². The molecule has 0 amide bonds. The fourth-order valence-electron chi connectivity index (χ4n) is 1.61. The predicted octanol–water partition coefficient (Wildman–Crippen LogP) is 3.64. The SMILES string of the molecule is Cc1ccc(S(=O)CC(=O)c2ccc(Cl)cc2)cc1. The van der Waals surface area contributed by atoms with Gasteiger partial charge in [0, 0.05) is 15.5 Å². The summed E-state index contributed by atoms with van der Waals surface area (Å²) in [7, 11) is -1.31. The van der Waals surface area contributed by atoms with E-state index in [1.165, 1.54) is 0 Å². The first-order valence-electron chi connectivity index (χ1n) is 5.80. The van der Waals surface area contributed by atoms with Crippen LogP contribution in [0.1, 0.15) is 15.9 Å². The molecule has 0 fully saturated rings. The first kappa shape index (κ1) is 14.0. The number of aryl methyl sites for hydroxylation is 1. The molecule has 0 aliphatic carbocycles. The van der Waals surface area contributed by atoms with Crippen molar-refractivity contribution in [1.29, 1.82) is 0 Å². The maximum atomic E-state index is 12.1. The third-order valence-electron chi connectivity index (χ3n) is 2.71. The molecular formula is C15H13ClO2S. The van der Waals surface area contributed by atoms with Crippen molar-refractivity contribution in [2.75, 3.05) is 5.75 Å². The first-order valence-corrected chi connectivity index (χ1v) is 7.50. The fraction of sp³-hybridized carbons (Fsp3) is 0.133. The monoisotopic (exact) mass is 292 g/mol. The Bertz CT molecular complexity index is 548. The van der Waals surface area contributed by atoms with Gasteiger partial charge in [-0.3, -0.25) is 9.00 Å². The van der Waals surface area contributed by atoms with Crippen LogP contribution in [0.25, 0.3) is 0 Å². The summed E-state index contributed by atoms with van der Waals surface area (Å²) < 4.78 is 12.1. The van der Waals surface area contributed by atoms with Crippen LogP contribution in [0.2, 0.25) is 5.02 Å². The minimum Gasteiger partial charge on any atom is -0.293 e. The third-order valence-corrected chi connectivity index (χ3v) is 4.29.